The molecule has 7 heteroatoms. The maximum Gasteiger partial charge on any atom is 0.191 e. The third-order valence-electron chi connectivity index (χ3n) is 8.38. The molecule has 0 amide bonds. The SMILES string of the molecule is [C-]#[N+]c1cc(Oc2ccc3c4c(C#N)cccc4n(-c4cc(C(C)C)ccn4)c3c2)cc(-c2cn(-c3c(C)cccc3C)cn2)c1. The lowest BCUT2D eigenvalue weighted by molar-refractivity contribution is 0.484. The van der Waals surface area contributed by atoms with Crippen LogP contribution >= 0.6 is 0 Å². The van der Waals surface area contributed by atoms with Gasteiger partial charge in [-0.15, -0.1) is 0 Å². The lowest BCUT2D eigenvalue weighted by atomic mass is 10.1. The molecule has 0 aliphatic carbocycles. The fourth-order valence-electron chi connectivity index (χ4n) is 6.16. The summed E-state index contributed by atoms with van der Waals surface area (Å²) in [6, 6.07) is 29.8. The van der Waals surface area contributed by atoms with Gasteiger partial charge in [0.25, 0.3) is 0 Å². The number of benzene rings is 4. The van der Waals surface area contributed by atoms with Crippen molar-refractivity contribution in [1.29, 1.82) is 5.26 Å². The highest BCUT2D eigenvalue weighted by atomic mass is 16.5. The van der Waals surface area contributed by atoms with Gasteiger partial charge in [-0.1, -0.05) is 38.1 Å². The van der Waals surface area contributed by atoms with Gasteiger partial charge >= 0.3 is 0 Å². The molecular formula is C39H30N6O. The molecule has 0 saturated heterocycles. The lowest BCUT2D eigenvalue weighted by Gasteiger charge is -2.12. The second-order valence-corrected chi connectivity index (χ2v) is 11.8. The van der Waals surface area contributed by atoms with E-state index in [4.69, 9.17) is 16.3 Å². The third-order valence-corrected chi connectivity index (χ3v) is 8.38. The van der Waals surface area contributed by atoms with Crippen LogP contribution in [0.3, 0.4) is 0 Å². The summed E-state index contributed by atoms with van der Waals surface area (Å²) in [4.78, 5) is 13.1. The molecule has 7 rings (SSSR count). The summed E-state index contributed by atoms with van der Waals surface area (Å²) in [6.07, 6.45) is 5.62. The van der Waals surface area contributed by atoms with Crippen molar-refractivity contribution >= 4 is 27.5 Å². The Morgan fingerprint density at radius 3 is 2.43 bits per heavy atom. The van der Waals surface area contributed by atoms with Crippen LogP contribution in [0.4, 0.5) is 5.69 Å². The molecule has 4 aromatic carbocycles. The van der Waals surface area contributed by atoms with Crippen molar-refractivity contribution in [3.63, 3.8) is 0 Å². The highest BCUT2D eigenvalue weighted by molar-refractivity contribution is 6.12. The molecular weight excluding hydrogens is 568 g/mol. The number of hydrogen-bond donors (Lipinski definition) is 0. The zero-order valence-electron chi connectivity index (χ0n) is 26.0. The fraction of sp³-hybridized carbons (Fsp3) is 0.128. The lowest BCUT2D eigenvalue weighted by Crippen LogP contribution is -1.99. The number of nitriles is 1. The van der Waals surface area contributed by atoms with Crippen molar-refractivity contribution in [2.24, 2.45) is 0 Å². The minimum Gasteiger partial charge on any atom is -0.459 e. The molecule has 0 bridgehead atoms. The maximum atomic E-state index is 9.97. The van der Waals surface area contributed by atoms with Gasteiger partial charge in [-0.25, -0.2) is 14.8 Å². The summed E-state index contributed by atoms with van der Waals surface area (Å²) < 4.78 is 10.6. The maximum absolute atomic E-state index is 9.97. The standard InChI is InChI=1S/C39H30N6O/c1-24(2)27-14-15-42-37(18-27)45-35-11-7-10-28(21-40)38(35)33-13-12-31(20-36(33)45)46-32-17-29(16-30(19-32)41-5)34-22-44(23-43-34)39-25(3)8-6-9-26(39)4/h6-20,22-24H,1-4H3. The molecule has 0 spiro atoms. The summed E-state index contributed by atoms with van der Waals surface area (Å²) in [7, 11) is 0. The van der Waals surface area contributed by atoms with E-state index in [1.54, 1.807) is 12.4 Å². The first-order valence-electron chi connectivity index (χ1n) is 15.1. The van der Waals surface area contributed by atoms with Gasteiger partial charge in [0.1, 0.15) is 17.3 Å². The fourth-order valence-corrected chi connectivity index (χ4v) is 6.16. The van der Waals surface area contributed by atoms with E-state index >= 15 is 0 Å². The average molecular weight is 599 g/mol. The number of hydrogen-bond acceptors (Lipinski definition) is 4. The molecule has 3 aromatic heterocycles. The Kier molecular flexibility index (Phi) is 7.08. The van der Waals surface area contributed by atoms with Crippen LogP contribution in [-0.2, 0) is 0 Å². The van der Waals surface area contributed by atoms with Crippen molar-refractivity contribution in [3.05, 3.63) is 137 Å². The smallest absolute Gasteiger partial charge is 0.191 e. The molecule has 0 fully saturated rings. The van der Waals surface area contributed by atoms with Crippen molar-refractivity contribution in [3.8, 4) is 40.3 Å². The summed E-state index contributed by atoms with van der Waals surface area (Å²) in [5.74, 6) is 2.24. The second kappa shape index (κ2) is 11.4. The van der Waals surface area contributed by atoms with E-state index in [0.717, 1.165) is 55.7 Å². The quantitative estimate of drug-likeness (QED) is 0.179. The van der Waals surface area contributed by atoms with Gasteiger partial charge in [-0.05, 0) is 96.6 Å². The van der Waals surface area contributed by atoms with Crippen LogP contribution < -0.4 is 4.74 Å². The van der Waals surface area contributed by atoms with Crippen molar-refractivity contribution < 1.29 is 4.74 Å². The first-order valence-corrected chi connectivity index (χ1v) is 15.1. The van der Waals surface area contributed by atoms with E-state index in [2.05, 4.69) is 66.4 Å². The molecule has 0 unspecified atom stereocenters. The number of rotatable bonds is 6. The van der Waals surface area contributed by atoms with Crippen LogP contribution in [0.5, 0.6) is 11.5 Å². The van der Waals surface area contributed by atoms with Crippen molar-refractivity contribution in [2.75, 3.05) is 0 Å². The third kappa shape index (κ3) is 4.95. The Morgan fingerprint density at radius 2 is 1.67 bits per heavy atom. The summed E-state index contributed by atoms with van der Waals surface area (Å²) in [6.45, 7) is 16.2. The molecule has 0 aliphatic rings. The largest absolute Gasteiger partial charge is 0.459 e. The van der Waals surface area contributed by atoms with Crippen molar-refractivity contribution in [1.82, 2.24) is 19.1 Å². The molecule has 7 nitrogen and oxygen atoms in total. The zero-order valence-corrected chi connectivity index (χ0v) is 26.0. The Bertz CT molecular complexity index is 2360. The number of para-hydroxylation sites is 1. The average Bonchev–Trinajstić information content (AvgIpc) is 3.67. The van der Waals surface area contributed by atoms with Gasteiger partial charge in [-0.3, -0.25) is 4.57 Å². The minimum absolute atomic E-state index is 0.333. The van der Waals surface area contributed by atoms with E-state index in [-0.39, 0.29) is 0 Å². The molecule has 46 heavy (non-hydrogen) atoms. The van der Waals surface area contributed by atoms with Gasteiger partial charge in [0.05, 0.1) is 46.9 Å². The van der Waals surface area contributed by atoms with E-state index in [1.807, 2.05) is 77.6 Å². The number of fused-ring (bicyclic) bond motifs is 3. The van der Waals surface area contributed by atoms with Gasteiger partial charge < -0.3 is 9.30 Å². The zero-order chi connectivity index (χ0) is 31.9. The number of nitrogens with zero attached hydrogens (tertiary/aromatic N) is 6. The van der Waals surface area contributed by atoms with Gasteiger partial charge in [0, 0.05) is 29.2 Å². The molecule has 222 valence electrons. The normalized spacial score (nSPS) is 11.2. The molecule has 0 saturated carbocycles. The van der Waals surface area contributed by atoms with Gasteiger partial charge in [0.2, 0.25) is 0 Å². The van der Waals surface area contributed by atoms with Gasteiger partial charge in [0.15, 0.2) is 5.69 Å². The summed E-state index contributed by atoms with van der Waals surface area (Å²) in [5, 5.41) is 11.8. The number of pyridine rings is 1. The number of imidazole rings is 1. The highest BCUT2D eigenvalue weighted by Crippen LogP contribution is 2.38. The van der Waals surface area contributed by atoms with Crippen LogP contribution in [0.25, 0.3) is 49.4 Å². The van der Waals surface area contributed by atoms with Crippen molar-refractivity contribution in [2.45, 2.75) is 33.6 Å². The number of aryl methyl sites for hydroxylation is 2. The topological polar surface area (TPSA) is 73.0 Å². The molecule has 7 aromatic rings. The van der Waals surface area contributed by atoms with Crippen LogP contribution in [0.2, 0.25) is 0 Å². The van der Waals surface area contributed by atoms with E-state index in [0.29, 0.717) is 28.7 Å². The molecule has 0 N–H and O–H groups in total. The highest BCUT2D eigenvalue weighted by Gasteiger charge is 2.18. The van der Waals surface area contributed by atoms with Gasteiger partial charge in [-0.2, -0.15) is 5.26 Å². The molecule has 0 atom stereocenters. The van der Waals surface area contributed by atoms with Crippen LogP contribution in [0, 0.1) is 31.8 Å². The van der Waals surface area contributed by atoms with E-state index in [9.17, 15) is 5.26 Å². The van der Waals surface area contributed by atoms with Crippen LogP contribution in [0.15, 0.2) is 104 Å². The first kappa shape index (κ1) is 28.6. The predicted molar refractivity (Wildman–Crippen MR) is 182 cm³/mol. The summed E-state index contributed by atoms with van der Waals surface area (Å²) >= 11 is 0. The second-order valence-electron chi connectivity index (χ2n) is 11.8. The van der Waals surface area contributed by atoms with E-state index in [1.165, 1.54) is 5.56 Å². The Hall–Kier alpha value is -6.18. The molecule has 0 radical (unpaired) electrons. The van der Waals surface area contributed by atoms with E-state index < -0.39 is 0 Å². The Morgan fingerprint density at radius 1 is 0.870 bits per heavy atom. The molecule has 3 heterocycles. The summed E-state index contributed by atoms with van der Waals surface area (Å²) in [5.41, 5.74) is 8.94. The Labute approximate surface area is 267 Å². The van der Waals surface area contributed by atoms with Crippen LogP contribution in [0.1, 0.15) is 42.0 Å². The Balaban J connectivity index is 1.33. The number of ether oxygens (including phenoxy) is 1. The molecule has 0 aliphatic heterocycles. The first-order chi connectivity index (χ1) is 22.3. The minimum atomic E-state index is 0.333. The van der Waals surface area contributed by atoms with Crippen LogP contribution in [-0.4, -0.2) is 19.1 Å². The number of aromatic nitrogens is 4. The predicted octanol–water partition coefficient (Wildman–Crippen LogP) is 9.99. The monoisotopic (exact) mass is 598 g/mol.